The first kappa shape index (κ1) is 17.2. The van der Waals surface area contributed by atoms with Crippen LogP contribution in [0, 0.1) is 12.8 Å². The SMILES string of the molecule is Cc1ccccc1COc1ccccc1C(=O)N[C@@H]1C=C[C@H](CO)C1. The van der Waals surface area contributed by atoms with Crippen LogP contribution >= 0.6 is 0 Å². The molecule has 1 amide bonds. The highest BCUT2D eigenvalue weighted by atomic mass is 16.5. The predicted molar refractivity (Wildman–Crippen MR) is 97.5 cm³/mol. The maximum atomic E-state index is 12.6. The summed E-state index contributed by atoms with van der Waals surface area (Å²) in [6.45, 7) is 2.58. The van der Waals surface area contributed by atoms with E-state index in [0.29, 0.717) is 17.9 Å². The summed E-state index contributed by atoms with van der Waals surface area (Å²) in [5, 5.41) is 12.2. The third-order valence-corrected chi connectivity index (χ3v) is 4.50. The predicted octanol–water partition coefficient (Wildman–Crippen LogP) is 3.24. The lowest BCUT2D eigenvalue weighted by atomic mass is 10.1. The Labute approximate surface area is 148 Å². The summed E-state index contributed by atoms with van der Waals surface area (Å²) in [5.74, 6) is 0.537. The minimum absolute atomic E-state index is 0.0472. The van der Waals surface area contributed by atoms with Gasteiger partial charge in [0.15, 0.2) is 0 Å². The molecule has 130 valence electrons. The molecule has 1 aliphatic carbocycles. The summed E-state index contributed by atoms with van der Waals surface area (Å²) in [4.78, 5) is 12.6. The molecule has 0 saturated heterocycles. The Morgan fingerprint density at radius 3 is 2.68 bits per heavy atom. The number of para-hydroxylation sites is 1. The topological polar surface area (TPSA) is 58.6 Å². The molecule has 2 aromatic rings. The molecule has 4 nitrogen and oxygen atoms in total. The summed E-state index contributed by atoms with van der Waals surface area (Å²) in [6, 6.07) is 15.3. The molecule has 0 saturated carbocycles. The summed E-state index contributed by atoms with van der Waals surface area (Å²) < 4.78 is 5.91. The monoisotopic (exact) mass is 337 g/mol. The second kappa shape index (κ2) is 7.99. The van der Waals surface area contributed by atoms with Crippen LogP contribution < -0.4 is 10.1 Å². The van der Waals surface area contributed by atoms with Crippen molar-refractivity contribution < 1.29 is 14.6 Å². The molecule has 0 unspecified atom stereocenters. The molecule has 4 heteroatoms. The molecule has 0 radical (unpaired) electrons. The van der Waals surface area contributed by atoms with Crippen molar-refractivity contribution >= 4 is 5.91 Å². The highest BCUT2D eigenvalue weighted by Gasteiger charge is 2.21. The molecule has 0 aromatic heterocycles. The highest BCUT2D eigenvalue weighted by Crippen LogP contribution is 2.22. The molecule has 0 spiro atoms. The van der Waals surface area contributed by atoms with E-state index in [9.17, 15) is 9.90 Å². The molecule has 1 aliphatic rings. The van der Waals surface area contributed by atoms with Gasteiger partial charge in [-0.25, -0.2) is 0 Å². The Bertz CT molecular complexity index is 769. The average Bonchev–Trinajstić information content (AvgIpc) is 3.09. The first-order valence-electron chi connectivity index (χ1n) is 8.53. The zero-order chi connectivity index (χ0) is 17.6. The number of rotatable bonds is 6. The van der Waals surface area contributed by atoms with E-state index >= 15 is 0 Å². The number of carbonyl (C=O) groups excluding carboxylic acids is 1. The quantitative estimate of drug-likeness (QED) is 0.796. The maximum absolute atomic E-state index is 12.6. The highest BCUT2D eigenvalue weighted by molar-refractivity contribution is 5.97. The van der Waals surface area contributed by atoms with Crippen molar-refractivity contribution in [3.8, 4) is 5.75 Å². The molecule has 0 fully saturated rings. The molecule has 0 aliphatic heterocycles. The minimum Gasteiger partial charge on any atom is -0.488 e. The largest absolute Gasteiger partial charge is 0.488 e. The molecular weight excluding hydrogens is 314 g/mol. The first-order chi connectivity index (χ1) is 12.2. The zero-order valence-electron chi connectivity index (χ0n) is 14.3. The molecule has 0 bridgehead atoms. The smallest absolute Gasteiger partial charge is 0.255 e. The fourth-order valence-electron chi connectivity index (χ4n) is 2.97. The fraction of sp³-hybridized carbons (Fsp3) is 0.286. The second-order valence-electron chi connectivity index (χ2n) is 6.35. The molecular formula is C21H23NO3. The van der Waals surface area contributed by atoms with Gasteiger partial charge in [-0.15, -0.1) is 0 Å². The molecule has 0 heterocycles. The van der Waals surface area contributed by atoms with Gasteiger partial charge in [0, 0.05) is 18.6 Å². The van der Waals surface area contributed by atoms with Gasteiger partial charge in [0.2, 0.25) is 0 Å². The maximum Gasteiger partial charge on any atom is 0.255 e. The van der Waals surface area contributed by atoms with E-state index in [2.05, 4.69) is 5.32 Å². The van der Waals surface area contributed by atoms with Crippen molar-refractivity contribution in [1.29, 1.82) is 0 Å². The molecule has 2 aromatic carbocycles. The Morgan fingerprint density at radius 1 is 1.16 bits per heavy atom. The van der Waals surface area contributed by atoms with Gasteiger partial charge < -0.3 is 15.2 Å². The lowest BCUT2D eigenvalue weighted by Gasteiger charge is -2.16. The van der Waals surface area contributed by atoms with E-state index in [1.165, 1.54) is 0 Å². The summed E-state index contributed by atoms with van der Waals surface area (Å²) >= 11 is 0. The van der Waals surface area contributed by atoms with E-state index < -0.39 is 0 Å². The van der Waals surface area contributed by atoms with Crippen molar-refractivity contribution in [2.75, 3.05) is 6.61 Å². The van der Waals surface area contributed by atoms with E-state index in [1.807, 2.05) is 61.5 Å². The lowest BCUT2D eigenvalue weighted by Crippen LogP contribution is -2.33. The minimum atomic E-state index is -0.159. The number of benzene rings is 2. The van der Waals surface area contributed by atoms with Gasteiger partial charge in [-0.3, -0.25) is 4.79 Å². The number of aliphatic hydroxyl groups excluding tert-OH is 1. The van der Waals surface area contributed by atoms with Crippen LogP contribution in [-0.4, -0.2) is 23.7 Å². The van der Waals surface area contributed by atoms with Crippen molar-refractivity contribution in [1.82, 2.24) is 5.32 Å². The van der Waals surface area contributed by atoms with Crippen LogP contribution in [0.2, 0.25) is 0 Å². The van der Waals surface area contributed by atoms with Gasteiger partial charge in [0.05, 0.1) is 5.56 Å². The summed E-state index contributed by atoms with van der Waals surface area (Å²) in [5.41, 5.74) is 2.79. The number of carbonyl (C=O) groups is 1. The number of aliphatic hydroxyl groups is 1. The zero-order valence-corrected chi connectivity index (χ0v) is 14.3. The van der Waals surface area contributed by atoms with Crippen molar-refractivity contribution in [3.63, 3.8) is 0 Å². The van der Waals surface area contributed by atoms with Gasteiger partial charge in [0.1, 0.15) is 12.4 Å². The molecule has 25 heavy (non-hydrogen) atoms. The van der Waals surface area contributed by atoms with E-state index in [4.69, 9.17) is 4.74 Å². The summed E-state index contributed by atoms with van der Waals surface area (Å²) in [6.07, 6.45) is 4.62. The van der Waals surface area contributed by atoms with E-state index in [0.717, 1.165) is 17.5 Å². The molecule has 2 atom stereocenters. The Balaban J connectivity index is 1.67. The third-order valence-electron chi connectivity index (χ3n) is 4.50. The van der Waals surface area contributed by atoms with Crippen LogP contribution in [0.15, 0.2) is 60.7 Å². The molecule has 2 N–H and O–H groups in total. The number of nitrogens with one attached hydrogen (secondary N) is 1. The van der Waals surface area contributed by atoms with Crippen molar-refractivity contribution in [2.45, 2.75) is 26.0 Å². The van der Waals surface area contributed by atoms with Crippen LogP contribution in [0.3, 0.4) is 0 Å². The number of aryl methyl sites for hydroxylation is 1. The lowest BCUT2D eigenvalue weighted by molar-refractivity contribution is 0.0936. The standard InChI is InChI=1S/C21H23NO3/c1-15-6-2-3-7-17(15)14-25-20-9-5-4-8-19(20)21(24)22-18-11-10-16(12-18)13-23/h2-11,16,18,23H,12-14H2,1H3,(H,22,24)/t16-,18+/m0/s1. The Kier molecular flexibility index (Phi) is 5.51. The van der Waals surface area contributed by atoms with Crippen molar-refractivity contribution in [2.24, 2.45) is 5.92 Å². The van der Waals surface area contributed by atoms with E-state index in [-0.39, 0.29) is 24.5 Å². The van der Waals surface area contributed by atoms with Crippen LogP contribution in [0.4, 0.5) is 0 Å². The fourth-order valence-corrected chi connectivity index (χ4v) is 2.97. The van der Waals surface area contributed by atoms with Crippen LogP contribution in [0.1, 0.15) is 27.9 Å². The molecule has 3 rings (SSSR count). The average molecular weight is 337 g/mol. The van der Waals surface area contributed by atoms with Gasteiger partial charge in [-0.05, 0) is 36.6 Å². The number of hydrogen-bond donors (Lipinski definition) is 2. The third kappa shape index (κ3) is 4.28. The van der Waals surface area contributed by atoms with Crippen LogP contribution in [0.25, 0.3) is 0 Å². The number of hydrogen-bond acceptors (Lipinski definition) is 3. The van der Waals surface area contributed by atoms with Gasteiger partial charge >= 0.3 is 0 Å². The summed E-state index contributed by atoms with van der Waals surface area (Å²) in [7, 11) is 0. The Morgan fingerprint density at radius 2 is 1.92 bits per heavy atom. The van der Waals surface area contributed by atoms with E-state index in [1.54, 1.807) is 6.07 Å². The Hall–Kier alpha value is -2.59. The normalized spacial score (nSPS) is 19.0. The number of ether oxygens (including phenoxy) is 1. The van der Waals surface area contributed by atoms with Crippen molar-refractivity contribution in [3.05, 3.63) is 77.4 Å². The van der Waals surface area contributed by atoms with Gasteiger partial charge in [-0.2, -0.15) is 0 Å². The van der Waals surface area contributed by atoms with Crippen LogP contribution in [-0.2, 0) is 6.61 Å². The van der Waals surface area contributed by atoms with Crippen LogP contribution in [0.5, 0.6) is 5.75 Å². The second-order valence-corrected chi connectivity index (χ2v) is 6.35. The first-order valence-corrected chi connectivity index (χ1v) is 8.53. The van der Waals surface area contributed by atoms with Gasteiger partial charge in [-0.1, -0.05) is 48.6 Å². The number of amides is 1. The van der Waals surface area contributed by atoms with Gasteiger partial charge in [0.25, 0.3) is 5.91 Å².